The number of aliphatic hydroxyl groups is 2. The van der Waals surface area contributed by atoms with Crippen LogP contribution in [0, 0.1) is 0 Å². The highest BCUT2D eigenvalue weighted by molar-refractivity contribution is 5.76. The smallest absolute Gasteiger partial charge is 0.305 e. The van der Waals surface area contributed by atoms with Gasteiger partial charge in [-0.05, 0) is 44.9 Å². The van der Waals surface area contributed by atoms with Crippen LogP contribution in [0.3, 0.4) is 0 Å². The monoisotopic (exact) mass is 890 g/mol. The second-order valence-corrected chi connectivity index (χ2v) is 19.6. The molecular weight excluding hydrogens is 779 g/mol. The summed E-state index contributed by atoms with van der Waals surface area (Å²) >= 11 is 0. The Balaban J connectivity index is 3.50. The number of hydrogen-bond donors (Lipinski definition) is 3. The second-order valence-electron chi connectivity index (χ2n) is 19.6. The molecule has 6 heteroatoms. The standard InChI is InChI=1S/C57H111NO5/c1-3-5-7-9-11-13-15-17-18-19-20-21-22-23-24-25-26-27-28-29-30-33-37-41-45-49-55(60)54(53-59)58-56(61)50-46-42-38-34-32-36-40-44-48-52-63-57(62)51-47-43-39-35-31-16-14-12-10-8-6-4-2/h34,38,54-55,59-60H,3-33,35-37,39-53H2,1-2H3,(H,58,61)/b38-34-. The zero-order valence-electron chi connectivity index (χ0n) is 42.6. The molecule has 0 aromatic carbocycles. The van der Waals surface area contributed by atoms with E-state index < -0.39 is 12.1 Å². The van der Waals surface area contributed by atoms with Crippen molar-refractivity contribution in [3.05, 3.63) is 12.2 Å². The summed E-state index contributed by atoms with van der Waals surface area (Å²) in [4.78, 5) is 24.5. The quantitative estimate of drug-likeness (QED) is 0.0321. The van der Waals surface area contributed by atoms with E-state index in [0.29, 0.717) is 25.9 Å². The van der Waals surface area contributed by atoms with Crippen molar-refractivity contribution in [1.82, 2.24) is 5.32 Å². The van der Waals surface area contributed by atoms with Gasteiger partial charge in [0.25, 0.3) is 0 Å². The van der Waals surface area contributed by atoms with Crippen molar-refractivity contribution in [2.24, 2.45) is 0 Å². The van der Waals surface area contributed by atoms with Gasteiger partial charge in [0, 0.05) is 12.8 Å². The molecule has 1 amide bonds. The van der Waals surface area contributed by atoms with Crippen molar-refractivity contribution >= 4 is 11.9 Å². The minimum absolute atomic E-state index is 0.0338. The molecule has 2 atom stereocenters. The molecule has 0 saturated heterocycles. The number of ether oxygens (including phenoxy) is 1. The third-order valence-corrected chi connectivity index (χ3v) is 13.3. The van der Waals surface area contributed by atoms with E-state index in [4.69, 9.17) is 4.74 Å². The van der Waals surface area contributed by atoms with Crippen LogP contribution in [-0.4, -0.2) is 47.4 Å². The van der Waals surface area contributed by atoms with Gasteiger partial charge in [-0.3, -0.25) is 9.59 Å². The molecule has 0 bridgehead atoms. The predicted octanol–water partition coefficient (Wildman–Crippen LogP) is 17.3. The predicted molar refractivity (Wildman–Crippen MR) is 273 cm³/mol. The molecule has 0 heterocycles. The van der Waals surface area contributed by atoms with Gasteiger partial charge in [0.2, 0.25) is 5.91 Å². The number of rotatable bonds is 53. The SMILES string of the molecule is CCCCCCCCCCCCCCCCCCCCCCCCCCCC(O)C(CO)NC(=O)CCC/C=C\CCCCCCOC(=O)CCCCCCCCCCCCCC. The van der Waals surface area contributed by atoms with Crippen molar-refractivity contribution in [3.8, 4) is 0 Å². The topological polar surface area (TPSA) is 95.9 Å². The lowest BCUT2D eigenvalue weighted by molar-refractivity contribution is -0.143. The Morgan fingerprint density at radius 3 is 1.16 bits per heavy atom. The Morgan fingerprint density at radius 1 is 0.429 bits per heavy atom. The molecule has 2 unspecified atom stereocenters. The van der Waals surface area contributed by atoms with Crippen LogP contribution < -0.4 is 5.32 Å². The van der Waals surface area contributed by atoms with Crippen molar-refractivity contribution in [2.75, 3.05) is 13.2 Å². The Hall–Kier alpha value is -1.40. The Labute approximate surface area is 393 Å². The van der Waals surface area contributed by atoms with E-state index in [0.717, 1.165) is 70.6 Å². The molecular formula is C57H111NO5. The van der Waals surface area contributed by atoms with Crippen molar-refractivity contribution in [2.45, 2.75) is 328 Å². The van der Waals surface area contributed by atoms with E-state index in [1.54, 1.807) is 0 Å². The molecule has 0 aromatic rings. The van der Waals surface area contributed by atoms with Crippen LogP contribution >= 0.6 is 0 Å². The summed E-state index contributed by atoms with van der Waals surface area (Å²) in [5.41, 5.74) is 0. The average Bonchev–Trinajstić information content (AvgIpc) is 3.28. The first-order chi connectivity index (χ1) is 31.0. The molecule has 0 fully saturated rings. The highest BCUT2D eigenvalue weighted by Gasteiger charge is 2.20. The van der Waals surface area contributed by atoms with Crippen LogP contribution in [0.5, 0.6) is 0 Å². The lowest BCUT2D eigenvalue weighted by Gasteiger charge is -2.22. The maximum Gasteiger partial charge on any atom is 0.305 e. The number of esters is 1. The molecule has 3 N–H and O–H groups in total. The van der Waals surface area contributed by atoms with Crippen molar-refractivity contribution in [1.29, 1.82) is 0 Å². The number of allylic oxidation sites excluding steroid dienone is 2. The summed E-state index contributed by atoms with van der Waals surface area (Å²) < 4.78 is 5.43. The first-order valence-electron chi connectivity index (χ1n) is 28.4. The normalized spacial score (nSPS) is 12.6. The van der Waals surface area contributed by atoms with Crippen LogP contribution in [0.1, 0.15) is 316 Å². The molecule has 0 aliphatic heterocycles. The fourth-order valence-corrected chi connectivity index (χ4v) is 8.94. The summed E-state index contributed by atoms with van der Waals surface area (Å²) in [6.45, 7) is 4.88. The summed E-state index contributed by atoms with van der Waals surface area (Å²) in [6.07, 6.45) is 62.1. The molecule has 6 nitrogen and oxygen atoms in total. The zero-order chi connectivity index (χ0) is 45.8. The highest BCUT2D eigenvalue weighted by atomic mass is 16.5. The number of carbonyl (C=O) groups excluding carboxylic acids is 2. The summed E-state index contributed by atoms with van der Waals surface area (Å²) in [5.74, 6) is -0.125. The van der Waals surface area contributed by atoms with Gasteiger partial charge < -0.3 is 20.3 Å². The number of aliphatic hydroxyl groups excluding tert-OH is 2. The van der Waals surface area contributed by atoms with Crippen LogP contribution in [0.15, 0.2) is 12.2 Å². The van der Waals surface area contributed by atoms with Gasteiger partial charge in [-0.15, -0.1) is 0 Å². The van der Waals surface area contributed by atoms with E-state index in [-0.39, 0.29) is 18.5 Å². The van der Waals surface area contributed by atoms with E-state index in [9.17, 15) is 19.8 Å². The van der Waals surface area contributed by atoms with Crippen molar-refractivity contribution in [3.63, 3.8) is 0 Å². The number of nitrogens with one attached hydrogen (secondary N) is 1. The lowest BCUT2D eigenvalue weighted by Crippen LogP contribution is -2.45. The third-order valence-electron chi connectivity index (χ3n) is 13.3. The number of carbonyl (C=O) groups is 2. The first-order valence-corrected chi connectivity index (χ1v) is 28.4. The van der Waals surface area contributed by atoms with Gasteiger partial charge >= 0.3 is 5.97 Å². The van der Waals surface area contributed by atoms with E-state index in [1.165, 1.54) is 212 Å². The number of unbranched alkanes of at least 4 members (excludes halogenated alkanes) is 40. The van der Waals surface area contributed by atoms with E-state index >= 15 is 0 Å². The van der Waals surface area contributed by atoms with E-state index in [2.05, 4.69) is 31.3 Å². The molecule has 0 aliphatic carbocycles. The highest BCUT2D eigenvalue weighted by Crippen LogP contribution is 2.18. The maximum absolute atomic E-state index is 12.5. The Morgan fingerprint density at radius 2 is 0.762 bits per heavy atom. The minimum atomic E-state index is -0.695. The van der Waals surface area contributed by atoms with Crippen LogP contribution in [0.25, 0.3) is 0 Å². The van der Waals surface area contributed by atoms with Gasteiger partial charge in [-0.25, -0.2) is 0 Å². The Bertz CT molecular complexity index is 939. The number of amides is 1. The summed E-state index contributed by atoms with van der Waals surface area (Å²) in [5, 5.41) is 23.3. The van der Waals surface area contributed by atoms with Gasteiger partial charge in [0.05, 0.1) is 25.4 Å². The van der Waals surface area contributed by atoms with Gasteiger partial charge in [0.1, 0.15) is 0 Å². The summed E-state index contributed by atoms with van der Waals surface area (Å²) in [7, 11) is 0. The molecule has 0 aliphatic rings. The second kappa shape index (κ2) is 53.2. The number of hydrogen-bond acceptors (Lipinski definition) is 5. The van der Waals surface area contributed by atoms with Gasteiger partial charge in [-0.2, -0.15) is 0 Å². The first kappa shape index (κ1) is 61.6. The Kier molecular flexibility index (Phi) is 52.0. The van der Waals surface area contributed by atoms with Crippen LogP contribution in [0.4, 0.5) is 0 Å². The molecule has 0 saturated carbocycles. The molecule has 63 heavy (non-hydrogen) atoms. The van der Waals surface area contributed by atoms with Gasteiger partial charge in [0.15, 0.2) is 0 Å². The van der Waals surface area contributed by atoms with Crippen LogP contribution in [-0.2, 0) is 14.3 Å². The lowest BCUT2D eigenvalue weighted by atomic mass is 10.0. The zero-order valence-corrected chi connectivity index (χ0v) is 42.6. The van der Waals surface area contributed by atoms with Crippen LogP contribution in [0.2, 0.25) is 0 Å². The molecule has 0 rings (SSSR count). The maximum atomic E-state index is 12.5. The average molecular weight is 891 g/mol. The fraction of sp³-hybridized carbons (Fsp3) is 0.930. The molecule has 0 radical (unpaired) electrons. The van der Waals surface area contributed by atoms with Crippen molar-refractivity contribution < 1.29 is 24.5 Å². The minimum Gasteiger partial charge on any atom is -0.466 e. The molecule has 0 spiro atoms. The molecule has 374 valence electrons. The fourth-order valence-electron chi connectivity index (χ4n) is 8.94. The third kappa shape index (κ3) is 49.9. The largest absolute Gasteiger partial charge is 0.466 e. The van der Waals surface area contributed by atoms with Gasteiger partial charge in [-0.1, -0.05) is 270 Å². The summed E-state index contributed by atoms with van der Waals surface area (Å²) in [6, 6.07) is -0.579. The molecule has 0 aromatic heterocycles. The van der Waals surface area contributed by atoms with E-state index in [1.807, 2.05) is 0 Å².